The van der Waals surface area contributed by atoms with Crippen LogP contribution in [0, 0.1) is 0 Å². The van der Waals surface area contributed by atoms with E-state index in [0.717, 1.165) is 22.8 Å². The monoisotopic (exact) mass is 203 g/mol. The Balaban J connectivity index is 2.61. The van der Waals surface area contributed by atoms with Crippen molar-refractivity contribution in [2.75, 3.05) is 14.2 Å². The van der Waals surface area contributed by atoms with Gasteiger partial charge in [0.2, 0.25) is 0 Å². The molecule has 0 aliphatic carbocycles. The van der Waals surface area contributed by atoms with Crippen molar-refractivity contribution < 1.29 is 9.47 Å². The minimum Gasteiger partial charge on any atom is -0.496 e. The Kier molecular flexibility index (Phi) is 2.63. The second kappa shape index (κ2) is 4.09. The number of H-pyrrole nitrogens is 1. The zero-order valence-electron chi connectivity index (χ0n) is 8.78. The van der Waals surface area contributed by atoms with Crippen molar-refractivity contribution >= 4 is 0 Å². The van der Waals surface area contributed by atoms with Crippen LogP contribution in [-0.2, 0) is 0 Å². The quantitative estimate of drug-likeness (QED) is 0.832. The molecule has 78 valence electrons. The lowest BCUT2D eigenvalue weighted by atomic mass is 10.1. The van der Waals surface area contributed by atoms with E-state index in [-0.39, 0.29) is 0 Å². The van der Waals surface area contributed by atoms with E-state index >= 15 is 0 Å². The molecule has 0 saturated carbocycles. The fourth-order valence-corrected chi connectivity index (χ4v) is 1.60. The summed E-state index contributed by atoms with van der Waals surface area (Å²) < 4.78 is 10.6. The topological polar surface area (TPSA) is 34.2 Å². The summed E-state index contributed by atoms with van der Waals surface area (Å²) in [6.45, 7) is 0. The van der Waals surface area contributed by atoms with Crippen molar-refractivity contribution in [2.45, 2.75) is 0 Å². The number of methoxy groups -OCH3 is 2. The van der Waals surface area contributed by atoms with Crippen LogP contribution in [0.5, 0.6) is 11.5 Å². The lowest BCUT2D eigenvalue weighted by molar-refractivity contribution is 0.397. The molecule has 1 N–H and O–H groups in total. The second-order valence-corrected chi connectivity index (χ2v) is 3.12. The standard InChI is InChI=1S/C12H13NO2/c1-14-10-6-3-7-11(15-2)12(10)9-5-4-8-13-9/h3-8,13H,1-2H3. The van der Waals surface area contributed by atoms with Gasteiger partial charge in [-0.1, -0.05) is 6.07 Å². The Labute approximate surface area is 88.7 Å². The summed E-state index contributed by atoms with van der Waals surface area (Å²) in [7, 11) is 3.31. The first kappa shape index (κ1) is 9.65. The molecule has 1 aromatic heterocycles. The maximum atomic E-state index is 5.31. The summed E-state index contributed by atoms with van der Waals surface area (Å²) in [5.74, 6) is 1.61. The summed E-state index contributed by atoms with van der Waals surface area (Å²) in [4.78, 5) is 3.14. The number of nitrogens with one attached hydrogen (secondary N) is 1. The van der Waals surface area contributed by atoms with Crippen LogP contribution in [0.25, 0.3) is 11.3 Å². The van der Waals surface area contributed by atoms with E-state index < -0.39 is 0 Å². The molecule has 0 amide bonds. The highest BCUT2D eigenvalue weighted by atomic mass is 16.5. The van der Waals surface area contributed by atoms with Crippen molar-refractivity contribution in [3.63, 3.8) is 0 Å². The van der Waals surface area contributed by atoms with Gasteiger partial charge in [0.15, 0.2) is 0 Å². The number of rotatable bonds is 3. The van der Waals surface area contributed by atoms with Crippen LogP contribution in [0.2, 0.25) is 0 Å². The van der Waals surface area contributed by atoms with E-state index in [4.69, 9.17) is 9.47 Å². The van der Waals surface area contributed by atoms with Gasteiger partial charge in [0.05, 0.1) is 25.5 Å². The highest BCUT2D eigenvalue weighted by molar-refractivity contribution is 5.74. The molecule has 0 saturated heterocycles. The maximum absolute atomic E-state index is 5.31. The minimum atomic E-state index is 0.803. The van der Waals surface area contributed by atoms with Crippen LogP contribution < -0.4 is 9.47 Å². The predicted molar refractivity (Wildman–Crippen MR) is 59.3 cm³/mol. The van der Waals surface area contributed by atoms with E-state index in [9.17, 15) is 0 Å². The molecule has 3 heteroatoms. The van der Waals surface area contributed by atoms with E-state index in [2.05, 4.69) is 4.98 Å². The number of hydrogen-bond donors (Lipinski definition) is 1. The van der Waals surface area contributed by atoms with Crippen LogP contribution in [0.3, 0.4) is 0 Å². The first-order chi connectivity index (χ1) is 7.36. The van der Waals surface area contributed by atoms with Crippen molar-refractivity contribution in [3.8, 4) is 22.8 Å². The first-order valence-electron chi connectivity index (χ1n) is 4.71. The third kappa shape index (κ3) is 1.68. The Morgan fingerprint density at radius 3 is 2.07 bits per heavy atom. The molecule has 2 rings (SSSR count). The molecule has 0 radical (unpaired) electrons. The van der Waals surface area contributed by atoms with Gasteiger partial charge in [-0.3, -0.25) is 0 Å². The van der Waals surface area contributed by atoms with Gasteiger partial charge in [0, 0.05) is 6.20 Å². The molecule has 2 aromatic rings. The highest BCUT2D eigenvalue weighted by Crippen LogP contribution is 2.36. The Bertz CT molecular complexity index is 413. The molecule has 0 bridgehead atoms. The van der Waals surface area contributed by atoms with Gasteiger partial charge in [0.25, 0.3) is 0 Å². The highest BCUT2D eigenvalue weighted by Gasteiger charge is 2.11. The second-order valence-electron chi connectivity index (χ2n) is 3.12. The first-order valence-corrected chi connectivity index (χ1v) is 4.71. The van der Waals surface area contributed by atoms with Crippen molar-refractivity contribution in [1.29, 1.82) is 0 Å². The van der Waals surface area contributed by atoms with Crippen molar-refractivity contribution in [3.05, 3.63) is 36.5 Å². The molecule has 1 aromatic carbocycles. The average molecular weight is 203 g/mol. The number of ether oxygens (including phenoxy) is 2. The number of benzene rings is 1. The van der Waals surface area contributed by atoms with Gasteiger partial charge in [-0.25, -0.2) is 0 Å². The zero-order chi connectivity index (χ0) is 10.7. The molecule has 0 spiro atoms. The summed E-state index contributed by atoms with van der Waals surface area (Å²) >= 11 is 0. The van der Waals surface area contributed by atoms with E-state index in [0.29, 0.717) is 0 Å². The number of hydrogen-bond acceptors (Lipinski definition) is 2. The third-order valence-corrected chi connectivity index (χ3v) is 2.30. The lowest BCUT2D eigenvalue weighted by Crippen LogP contribution is -1.92. The third-order valence-electron chi connectivity index (χ3n) is 2.30. The minimum absolute atomic E-state index is 0.803. The zero-order valence-corrected chi connectivity index (χ0v) is 8.78. The van der Waals surface area contributed by atoms with Crippen molar-refractivity contribution in [1.82, 2.24) is 4.98 Å². The van der Waals surface area contributed by atoms with Gasteiger partial charge < -0.3 is 14.5 Å². The van der Waals surface area contributed by atoms with Gasteiger partial charge in [-0.05, 0) is 24.3 Å². The van der Waals surface area contributed by atoms with E-state index in [1.54, 1.807) is 14.2 Å². The summed E-state index contributed by atoms with van der Waals surface area (Å²) in [6, 6.07) is 9.67. The summed E-state index contributed by atoms with van der Waals surface area (Å²) in [5, 5.41) is 0. The van der Waals surface area contributed by atoms with Crippen LogP contribution in [0.1, 0.15) is 0 Å². The average Bonchev–Trinajstić information content (AvgIpc) is 2.81. The maximum Gasteiger partial charge on any atom is 0.131 e. The number of aromatic amines is 1. The largest absolute Gasteiger partial charge is 0.496 e. The van der Waals surface area contributed by atoms with Crippen molar-refractivity contribution in [2.24, 2.45) is 0 Å². The molecule has 0 fully saturated rings. The van der Waals surface area contributed by atoms with Crippen LogP contribution in [-0.4, -0.2) is 19.2 Å². The molecule has 1 heterocycles. The Morgan fingerprint density at radius 1 is 0.933 bits per heavy atom. The SMILES string of the molecule is COc1cccc(OC)c1-c1ccc[nH]1. The molecular weight excluding hydrogens is 190 g/mol. The Hall–Kier alpha value is -1.90. The predicted octanol–water partition coefficient (Wildman–Crippen LogP) is 2.70. The van der Waals surface area contributed by atoms with Crippen LogP contribution >= 0.6 is 0 Å². The molecule has 0 unspecified atom stereocenters. The Morgan fingerprint density at radius 2 is 1.60 bits per heavy atom. The normalized spacial score (nSPS) is 10.0. The molecule has 15 heavy (non-hydrogen) atoms. The molecule has 0 atom stereocenters. The van der Waals surface area contributed by atoms with Gasteiger partial charge in [0.1, 0.15) is 11.5 Å². The molecule has 0 aliphatic heterocycles. The molecular formula is C12H13NO2. The lowest BCUT2D eigenvalue weighted by Gasteiger charge is -2.11. The van der Waals surface area contributed by atoms with E-state index in [1.807, 2.05) is 36.5 Å². The fourth-order valence-electron chi connectivity index (χ4n) is 1.60. The summed E-state index contributed by atoms with van der Waals surface area (Å²) in [6.07, 6.45) is 1.88. The van der Waals surface area contributed by atoms with Crippen LogP contribution in [0.4, 0.5) is 0 Å². The van der Waals surface area contributed by atoms with Crippen LogP contribution in [0.15, 0.2) is 36.5 Å². The molecule has 3 nitrogen and oxygen atoms in total. The molecule has 0 aliphatic rings. The van der Waals surface area contributed by atoms with Gasteiger partial charge >= 0.3 is 0 Å². The van der Waals surface area contributed by atoms with Gasteiger partial charge in [-0.2, -0.15) is 0 Å². The smallest absolute Gasteiger partial charge is 0.131 e. The fraction of sp³-hybridized carbons (Fsp3) is 0.167. The van der Waals surface area contributed by atoms with Gasteiger partial charge in [-0.15, -0.1) is 0 Å². The van der Waals surface area contributed by atoms with E-state index in [1.165, 1.54) is 0 Å². The summed E-state index contributed by atoms with van der Waals surface area (Å²) in [5.41, 5.74) is 1.94. The number of aromatic nitrogens is 1.